The van der Waals surface area contributed by atoms with Crippen LogP contribution in [0.25, 0.3) is 0 Å². The molecule has 0 fully saturated rings. The summed E-state index contributed by atoms with van der Waals surface area (Å²) in [7, 11) is 0. The maximum atomic E-state index is 9.03. The maximum absolute atomic E-state index is 9.03. The number of benzene rings is 3. The highest BCUT2D eigenvalue weighted by atomic mass is 79.9. The summed E-state index contributed by atoms with van der Waals surface area (Å²) in [6.45, 7) is 2.23. The van der Waals surface area contributed by atoms with Gasteiger partial charge < -0.3 is 14.5 Å². The smallest absolute Gasteiger partial charge is 0.116 e. The third kappa shape index (κ3) is 7.10. The number of ether oxygens (including phenoxy) is 1. The van der Waals surface area contributed by atoms with Crippen LogP contribution in [0.2, 0.25) is 0 Å². The summed E-state index contributed by atoms with van der Waals surface area (Å²) >= 11 is 7.44. The van der Waals surface area contributed by atoms with E-state index in [-0.39, 0.29) is 23.5 Å². The lowest BCUT2D eigenvalue weighted by atomic mass is 10.1. The molecule has 34 heavy (non-hydrogen) atoms. The molecule has 0 radical (unpaired) electrons. The predicted molar refractivity (Wildman–Crippen MR) is 145 cm³/mol. The van der Waals surface area contributed by atoms with Gasteiger partial charge in [0.1, 0.15) is 11.1 Å². The predicted octanol–water partition coefficient (Wildman–Crippen LogP) is 7.01. The van der Waals surface area contributed by atoms with Gasteiger partial charge in [-0.05, 0) is 47.4 Å². The SMILES string of the molecule is Cl.N#Cc1ccc(COC(c2ccc(Br)cc2)C(Br)N2C=CN(CCc3ccccc3)C2)cc1. The van der Waals surface area contributed by atoms with Gasteiger partial charge in [0.2, 0.25) is 0 Å². The molecule has 0 saturated heterocycles. The van der Waals surface area contributed by atoms with Gasteiger partial charge in [0.25, 0.3) is 0 Å². The zero-order valence-electron chi connectivity index (χ0n) is 18.6. The lowest BCUT2D eigenvalue weighted by Crippen LogP contribution is -2.35. The Morgan fingerprint density at radius 3 is 2.29 bits per heavy atom. The Morgan fingerprint density at radius 2 is 1.62 bits per heavy atom. The number of hydrogen-bond acceptors (Lipinski definition) is 4. The molecule has 0 spiro atoms. The molecule has 0 aromatic heterocycles. The normalized spacial score (nSPS) is 14.4. The van der Waals surface area contributed by atoms with E-state index >= 15 is 0 Å². The lowest BCUT2D eigenvalue weighted by Gasteiger charge is -2.32. The minimum absolute atomic E-state index is 0. The van der Waals surface area contributed by atoms with Crippen LogP contribution in [0.4, 0.5) is 0 Å². The van der Waals surface area contributed by atoms with Crippen LogP contribution in [0, 0.1) is 11.3 Å². The van der Waals surface area contributed by atoms with Gasteiger partial charge in [-0.2, -0.15) is 5.26 Å². The van der Waals surface area contributed by atoms with Crippen LogP contribution in [-0.4, -0.2) is 28.0 Å². The van der Waals surface area contributed by atoms with E-state index in [1.165, 1.54) is 5.56 Å². The quantitative estimate of drug-likeness (QED) is 0.195. The zero-order valence-corrected chi connectivity index (χ0v) is 22.5. The number of nitrogens with zero attached hydrogens (tertiary/aromatic N) is 3. The molecule has 0 saturated carbocycles. The second kappa shape index (κ2) is 13.0. The van der Waals surface area contributed by atoms with Crippen molar-refractivity contribution in [3.05, 3.63) is 118 Å². The maximum Gasteiger partial charge on any atom is 0.116 e. The lowest BCUT2D eigenvalue weighted by molar-refractivity contribution is 0.0110. The molecule has 176 valence electrons. The van der Waals surface area contributed by atoms with Crippen molar-refractivity contribution in [3.63, 3.8) is 0 Å². The molecule has 2 unspecified atom stereocenters. The molecule has 0 aliphatic carbocycles. The third-order valence-corrected chi connectivity index (χ3v) is 7.16. The van der Waals surface area contributed by atoms with Crippen LogP contribution in [0.5, 0.6) is 0 Å². The van der Waals surface area contributed by atoms with Gasteiger partial charge >= 0.3 is 0 Å². The van der Waals surface area contributed by atoms with Crippen molar-refractivity contribution >= 4 is 44.3 Å². The van der Waals surface area contributed by atoms with Crippen molar-refractivity contribution in [2.75, 3.05) is 13.2 Å². The standard InChI is InChI=1S/C27H25Br2N3O.ClH/c28-25-12-10-24(11-13-25)26(33-19-23-8-6-22(18-30)7-9-23)27(29)32-17-16-31(20-32)15-14-21-4-2-1-3-5-21;/h1-13,16-17,26-27H,14-15,19-20H2;1H. The van der Waals surface area contributed by atoms with Gasteiger partial charge in [0.15, 0.2) is 0 Å². The summed E-state index contributed by atoms with van der Waals surface area (Å²) in [6, 6.07) is 28.5. The van der Waals surface area contributed by atoms with E-state index in [0.717, 1.165) is 35.2 Å². The number of hydrogen-bond donors (Lipinski definition) is 0. The monoisotopic (exact) mass is 601 g/mol. The van der Waals surface area contributed by atoms with Gasteiger partial charge in [-0.1, -0.05) is 86.5 Å². The first-order chi connectivity index (χ1) is 16.1. The van der Waals surface area contributed by atoms with Crippen molar-refractivity contribution in [3.8, 4) is 6.07 Å². The summed E-state index contributed by atoms with van der Waals surface area (Å²) in [6.07, 6.45) is 5.11. The van der Waals surface area contributed by atoms with Crippen molar-refractivity contribution in [2.24, 2.45) is 0 Å². The Kier molecular flexibility index (Phi) is 10.0. The Bertz CT molecular complexity index is 1100. The largest absolute Gasteiger partial charge is 0.366 e. The van der Waals surface area contributed by atoms with Crippen LogP contribution in [0.3, 0.4) is 0 Å². The summed E-state index contributed by atoms with van der Waals surface area (Å²) in [4.78, 5) is 4.55. The average Bonchev–Trinajstić information content (AvgIpc) is 3.34. The average molecular weight is 604 g/mol. The van der Waals surface area contributed by atoms with Crippen LogP contribution in [0.15, 0.2) is 95.7 Å². The molecule has 2 atom stereocenters. The number of halogens is 3. The minimum atomic E-state index is -0.174. The Morgan fingerprint density at radius 1 is 0.912 bits per heavy atom. The molecule has 0 bridgehead atoms. The van der Waals surface area contributed by atoms with E-state index in [4.69, 9.17) is 10.00 Å². The van der Waals surface area contributed by atoms with Gasteiger partial charge in [0, 0.05) is 23.4 Å². The number of alkyl halides is 1. The second-order valence-corrected chi connectivity index (χ2v) is 9.82. The zero-order chi connectivity index (χ0) is 23.0. The fourth-order valence-electron chi connectivity index (χ4n) is 3.73. The molecule has 3 aromatic rings. The van der Waals surface area contributed by atoms with Gasteiger partial charge in [-0.3, -0.25) is 0 Å². The molecule has 1 aliphatic rings. The first-order valence-corrected chi connectivity index (χ1v) is 12.6. The Balaban J connectivity index is 0.00000324. The topological polar surface area (TPSA) is 39.5 Å². The second-order valence-electron chi connectivity index (χ2n) is 7.97. The minimum Gasteiger partial charge on any atom is -0.366 e. The van der Waals surface area contributed by atoms with E-state index in [1.807, 2.05) is 36.4 Å². The summed E-state index contributed by atoms with van der Waals surface area (Å²) < 4.78 is 7.47. The van der Waals surface area contributed by atoms with Crippen molar-refractivity contribution < 1.29 is 4.74 Å². The van der Waals surface area contributed by atoms with E-state index in [2.05, 4.69) is 103 Å². The highest BCUT2D eigenvalue weighted by molar-refractivity contribution is 9.10. The van der Waals surface area contributed by atoms with E-state index < -0.39 is 0 Å². The molecular formula is C27H26Br2ClN3O. The van der Waals surface area contributed by atoms with E-state index in [0.29, 0.717) is 12.2 Å². The molecular weight excluding hydrogens is 578 g/mol. The first-order valence-electron chi connectivity index (χ1n) is 10.8. The van der Waals surface area contributed by atoms with Crippen LogP contribution >= 0.6 is 44.3 Å². The summed E-state index contributed by atoms with van der Waals surface area (Å²) in [5.74, 6) is 0. The van der Waals surface area contributed by atoms with E-state index in [9.17, 15) is 0 Å². The fraction of sp³-hybridized carbons (Fsp3) is 0.222. The van der Waals surface area contributed by atoms with Gasteiger partial charge in [0.05, 0.1) is 24.9 Å². The molecule has 4 rings (SSSR count). The van der Waals surface area contributed by atoms with Crippen molar-refractivity contribution in [1.82, 2.24) is 9.80 Å². The first kappa shape index (κ1) is 26.3. The highest BCUT2D eigenvalue weighted by Crippen LogP contribution is 2.32. The van der Waals surface area contributed by atoms with Crippen molar-refractivity contribution in [2.45, 2.75) is 24.1 Å². The molecule has 7 heteroatoms. The molecule has 3 aromatic carbocycles. The summed E-state index contributed by atoms with van der Waals surface area (Å²) in [5.41, 5.74) is 4.14. The molecule has 0 N–H and O–H groups in total. The molecule has 0 amide bonds. The summed E-state index contributed by atoms with van der Waals surface area (Å²) in [5, 5.41) is 9.03. The van der Waals surface area contributed by atoms with Crippen LogP contribution in [-0.2, 0) is 17.8 Å². The van der Waals surface area contributed by atoms with Crippen LogP contribution < -0.4 is 0 Å². The third-order valence-electron chi connectivity index (χ3n) is 5.62. The van der Waals surface area contributed by atoms with Gasteiger partial charge in [-0.15, -0.1) is 12.4 Å². The fourth-order valence-corrected chi connectivity index (χ4v) is 4.72. The van der Waals surface area contributed by atoms with Gasteiger partial charge in [-0.25, -0.2) is 0 Å². The highest BCUT2D eigenvalue weighted by Gasteiger charge is 2.29. The van der Waals surface area contributed by atoms with E-state index in [1.54, 1.807) is 0 Å². The Labute approximate surface area is 224 Å². The number of nitriles is 1. The van der Waals surface area contributed by atoms with Crippen molar-refractivity contribution in [1.29, 1.82) is 5.26 Å². The number of rotatable bonds is 9. The Hall–Kier alpha value is -2.30. The molecule has 4 nitrogen and oxygen atoms in total. The molecule has 1 heterocycles. The van der Waals surface area contributed by atoms with Crippen LogP contribution in [0.1, 0.15) is 28.4 Å². The molecule has 1 aliphatic heterocycles.